The Balaban J connectivity index is 1.24. The summed E-state index contributed by atoms with van der Waals surface area (Å²) in [7, 11) is 0. The van der Waals surface area contributed by atoms with Gasteiger partial charge in [0, 0.05) is 0 Å². The van der Waals surface area contributed by atoms with E-state index in [4.69, 9.17) is 9.47 Å². The molecule has 6 heteroatoms. The Morgan fingerprint density at radius 1 is 0.927 bits per heavy atom. The molecule has 1 heterocycles. The Morgan fingerprint density at radius 3 is 2.32 bits per heavy atom. The predicted molar refractivity (Wildman–Crippen MR) is 161 cm³/mol. The third-order valence-corrected chi connectivity index (χ3v) is 13.4. The number of aliphatic hydroxyl groups excluding tert-OH is 4. The van der Waals surface area contributed by atoms with Gasteiger partial charge in [-0.25, -0.2) is 0 Å². The molecule has 1 unspecified atom stereocenters. The normalized spacial score (nSPS) is 47.7. The van der Waals surface area contributed by atoms with Crippen LogP contribution >= 0.6 is 0 Å². The lowest BCUT2D eigenvalue weighted by Crippen LogP contribution is -2.60. The van der Waals surface area contributed by atoms with Crippen molar-refractivity contribution < 1.29 is 29.9 Å². The predicted octanol–water partition coefficient (Wildman–Crippen LogP) is 5.85. The molecule has 0 spiro atoms. The summed E-state index contributed by atoms with van der Waals surface area (Å²) in [6.07, 6.45) is 10.0. The van der Waals surface area contributed by atoms with Crippen LogP contribution in [0.5, 0.6) is 0 Å². The van der Waals surface area contributed by atoms with Crippen molar-refractivity contribution in [1.29, 1.82) is 0 Å². The van der Waals surface area contributed by atoms with Crippen LogP contribution in [-0.4, -0.2) is 63.8 Å². The van der Waals surface area contributed by atoms with Gasteiger partial charge >= 0.3 is 0 Å². The summed E-state index contributed by atoms with van der Waals surface area (Å²) in [5, 5.41) is 40.4. The number of hydrogen-bond donors (Lipinski definition) is 4. The van der Waals surface area contributed by atoms with E-state index in [0.717, 1.165) is 55.3 Å². The second-order valence-electron chi connectivity index (χ2n) is 15.7. The van der Waals surface area contributed by atoms with Gasteiger partial charge in [-0.3, -0.25) is 0 Å². The molecule has 14 atom stereocenters. The number of allylic oxidation sites excluding steroid dienone is 2. The number of fused-ring (bicyclic) bond motifs is 5. The Labute approximate surface area is 249 Å². The van der Waals surface area contributed by atoms with E-state index in [-0.39, 0.29) is 11.5 Å². The van der Waals surface area contributed by atoms with Crippen LogP contribution in [0.3, 0.4) is 0 Å². The first-order chi connectivity index (χ1) is 19.4. The molecule has 236 valence electrons. The van der Waals surface area contributed by atoms with E-state index in [1.807, 2.05) is 0 Å². The van der Waals surface area contributed by atoms with Crippen LogP contribution in [-0.2, 0) is 9.47 Å². The van der Waals surface area contributed by atoms with Gasteiger partial charge in [0.25, 0.3) is 0 Å². The van der Waals surface area contributed by atoms with Gasteiger partial charge in [-0.05, 0) is 110 Å². The molecule has 4 aliphatic carbocycles. The summed E-state index contributed by atoms with van der Waals surface area (Å²) in [6, 6.07) is 0. The van der Waals surface area contributed by atoms with Crippen molar-refractivity contribution in [2.75, 3.05) is 6.61 Å². The molecule has 41 heavy (non-hydrogen) atoms. The van der Waals surface area contributed by atoms with E-state index in [1.165, 1.54) is 44.9 Å². The summed E-state index contributed by atoms with van der Waals surface area (Å²) in [4.78, 5) is 0. The topological polar surface area (TPSA) is 99.4 Å². The maximum atomic E-state index is 10.5. The van der Waals surface area contributed by atoms with Crippen LogP contribution < -0.4 is 0 Å². The number of rotatable bonds is 9. The van der Waals surface area contributed by atoms with Gasteiger partial charge in [0.2, 0.25) is 0 Å². The lowest BCUT2D eigenvalue weighted by Gasteiger charge is -2.58. The standard InChI is InChI=1S/C35H60O6/c1-7-22(20(2)3)9-8-21(4)26-12-13-27-25-11-10-23-18-24(14-16-34(23,5)28(25)15-17-35(26,27)6)40-33-32(39)31(38)30(37)29(19-36)41-33/h11,20-24,26-33,36-39H,7-10,12-19H2,1-6H3/t21-,22-,23?,24+,26-,27+,28+,29-,30-,31+,32-,33-,34+,35-/m1/s1. The van der Waals surface area contributed by atoms with E-state index < -0.39 is 37.3 Å². The largest absolute Gasteiger partial charge is 0.394 e. The van der Waals surface area contributed by atoms with Crippen molar-refractivity contribution in [3.63, 3.8) is 0 Å². The molecule has 0 bridgehead atoms. The minimum atomic E-state index is -1.39. The van der Waals surface area contributed by atoms with E-state index in [9.17, 15) is 20.4 Å². The highest BCUT2D eigenvalue weighted by molar-refractivity contribution is 5.27. The van der Waals surface area contributed by atoms with Crippen LogP contribution in [0.4, 0.5) is 0 Å². The lowest BCUT2D eigenvalue weighted by molar-refractivity contribution is -0.315. The van der Waals surface area contributed by atoms with Crippen molar-refractivity contribution in [2.45, 2.75) is 149 Å². The number of hydrogen-bond acceptors (Lipinski definition) is 6. The second-order valence-corrected chi connectivity index (χ2v) is 15.7. The third kappa shape index (κ3) is 5.73. The van der Waals surface area contributed by atoms with Gasteiger partial charge in [0.1, 0.15) is 24.4 Å². The van der Waals surface area contributed by atoms with E-state index in [1.54, 1.807) is 5.57 Å². The van der Waals surface area contributed by atoms with Gasteiger partial charge in [0.15, 0.2) is 6.29 Å². The molecule has 0 aromatic heterocycles. The first-order valence-corrected chi connectivity index (χ1v) is 17.1. The van der Waals surface area contributed by atoms with Crippen LogP contribution in [0.25, 0.3) is 0 Å². The highest BCUT2D eigenvalue weighted by Crippen LogP contribution is 2.67. The molecular formula is C35H60O6. The molecular weight excluding hydrogens is 516 g/mol. The highest BCUT2D eigenvalue weighted by Gasteiger charge is 2.58. The van der Waals surface area contributed by atoms with Crippen LogP contribution in [0.1, 0.15) is 112 Å². The zero-order valence-corrected chi connectivity index (χ0v) is 26.7. The molecule has 3 saturated carbocycles. The Hall–Kier alpha value is -0.500. The van der Waals surface area contributed by atoms with E-state index in [0.29, 0.717) is 17.3 Å². The fraction of sp³-hybridized carbons (Fsp3) is 0.943. The Bertz CT molecular complexity index is 918. The fourth-order valence-electron chi connectivity index (χ4n) is 10.6. The first kappa shape index (κ1) is 31.9. The van der Waals surface area contributed by atoms with Crippen molar-refractivity contribution in [3.8, 4) is 0 Å². The lowest BCUT2D eigenvalue weighted by atomic mass is 9.47. The molecule has 1 aliphatic heterocycles. The van der Waals surface area contributed by atoms with Crippen molar-refractivity contribution in [1.82, 2.24) is 0 Å². The SMILES string of the molecule is CC[C@H](CC[C@@H](C)[C@H]1CC[C@H]2C3=CCC4C[C@@H](O[C@@H]5O[C@H](CO)[C@@H](O)[C@H](O)[C@H]5O)CC[C@]4(C)[C@H]3CC[C@]12C)C(C)C. The molecule has 4 N–H and O–H groups in total. The second kappa shape index (κ2) is 12.5. The fourth-order valence-corrected chi connectivity index (χ4v) is 10.6. The Morgan fingerprint density at radius 2 is 1.63 bits per heavy atom. The summed E-state index contributed by atoms with van der Waals surface area (Å²) in [6.45, 7) is 14.5. The van der Waals surface area contributed by atoms with Gasteiger partial charge < -0.3 is 29.9 Å². The molecule has 0 amide bonds. The monoisotopic (exact) mass is 576 g/mol. The maximum Gasteiger partial charge on any atom is 0.186 e. The summed E-state index contributed by atoms with van der Waals surface area (Å²) in [5.41, 5.74) is 2.50. The van der Waals surface area contributed by atoms with E-state index in [2.05, 4.69) is 47.6 Å². The molecule has 4 fully saturated rings. The average Bonchev–Trinajstić information content (AvgIpc) is 3.30. The third-order valence-electron chi connectivity index (χ3n) is 13.4. The molecule has 1 saturated heterocycles. The molecule has 5 aliphatic rings. The van der Waals surface area contributed by atoms with Crippen LogP contribution in [0, 0.1) is 52.3 Å². The van der Waals surface area contributed by atoms with Gasteiger partial charge in [-0.2, -0.15) is 0 Å². The first-order valence-electron chi connectivity index (χ1n) is 17.1. The van der Waals surface area contributed by atoms with Crippen molar-refractivity contribution >= 4 is 0 Å². The van der Waals surface area contributed by atoms with Gasteiger partial charge in [-0.1, -0.05) is 66.0 Å². The van der Waals surface area contributed by atoms with E-state index >= 15 is 0 Å². The zero-order valence-electron chi connectivity index (χ0n) is 26.7. The van der Waals surface area contributed by atoms with Crippen LogP contribution in [0.2, 0.25) is 0 Å². The minimum Gasteiger partial charge on any atom is -0.394 e. The Kier molecular flexibility index (Phi) is 9.71. The van der Waals surface area contributed by atoms with Crippen LogP contribution in [0.15, 0.2) is 11.6 Å². The molecule has 6 nitrogen and oxygen atoms in total. The summed E-state index contributed by atoms with van der Waals surface area (Å²) < 4.78 is 11.9. The summed E-state index contributed by atoms with van der Waals surface area (Å²) in [5.74, 6) is 5.21. The van der Waals surface area contributed by atoms with Gasteiger partial charge in [-0.15, -0.1) is 0 Å². The van der Waals surface area contributed by atoms with Crippen molar-refractivity contribution in [2.24, 2.45) is 52.3 Å². The quantitative estimate of drug-likeness (QED) is 0.257. The summed E-state index contributed by atoms with van der Waals surface area (Å²) >= 11 is 0. The van der Waals surface area contributed by atoms with Crippen molar-refractivity contribution in [3.05, 3.63) is 11.6 Å². The zero-order chi connectivity index (χ0) is 29.7. The maximum absolute atomic E-state index is 10.5. The smallest absolute Gasteiger partial charge is 0.186 e. The molecule has 5 rings (SSSR count). The molecule has 0 radical (unpaired) electrons. The minimum absolute atomic E-state index is 0.0622. The highest BCUT2D eigenvalue weighted by atomic mass is 16.7. The molecule has 0 aromatic rings. The average molecular weight is 577 g/mol. The number of ether oxygens (including phenoxy) is 2. The number of aliphatic hydroxyl groups is 4. The van der Waals surface area contributed by atoms with Gasteiger partial charge in [0.05, 0.1) is 12.7 Å². The molecule has 0 aromatic carbocycles.